The lowest BCUT2D eigenvalue weighted by atomic mass is 9.98. The molecule has 0 aliphatic rings. The highest BCUT2D eigenvalue weighted by Gasteiger charge is 2.14. The molecule has 0 radical (unpaired) electrons. The first-order valence-corrected chi connectivity index (χ1v) is 9.06. The SMILES string of the molecule is CC(=O)Nc1cccc([C@H](C)OC(=O)COc2ccc(C(C)C)c(C)c2)c1. The molecular weight excluding hydrogens is 342 g/mol. The van der Waals surface area contributed by atoms with Crippen molar-refractivity contribution in [1.29, 1.82) is 0 Å². The van der Waals surface area contributed by atoms with Crippen LogP contribution in [0.25, 0.3) is 0 Å². The largest absolute Gasteiger partial charge is 0.482 e. The number of hydrogen-bond donors (Lipinski definition) is 1. The standard InChI is InChI=1S/C22H27NO4/c1-14(2)21-10-9-20(11-15(21)3)26-13-22(25)27-16(4)18-7-6-8-19(12-18)23-17(5)24/h6-12,14,16H,13H2,1-5H3,(H,23,24)/t16-/m0/s1. The first kappa shape index (κ1) is 20.5. The summed E-state index contributed by atoms with van der Waals surface area (Å²) in [5.41, 5.74) is 3.86. The molecule has 2 rings (SSSR count). The van der Waals surface area contributed by atoms with Crippen molar-refractivity contribution in [2.75, 3.05) is 11.9 Å². The molecule has 0 aromatic heterocycles. The quantitative estimate of drug-likeness (QED) is 0.715. The van der Waals surface area contributed by atoms with Crippen LogP contribution in [0.5, 0.6) is 5.75 Å². The van der Waals surface area contributed by atoms with Gasteiger partial charge in [0.25, 0.3) is 0 Å². The second-order valence-corrected chi connectivity index (χ2v) is 6.90. The lowest BCUT2D eigenvalue weighted by Crippen LogP contribution is -2.17. The molecule has 0 aliphatic carbocycles. The van der Waals surface area contributed by atoms with Gasteiger partial charge in [-0.2, -0.15) is 0 Å². The Morgan fingerprint density at radius 2 is 1.81 bits per heavy atom. The van der Waals surface area contributed by atoms with Crippen molar-refractivity contribution in [3.8, 4) is 5.75 Å². The van der Waals surface area contributed by atoms with E-state index in [1.54, 1.807) is 25.1 Å². The second kappa shape index (κ2) is 9.21. The third-order valence-corrected chi connectivity index (χ3v) is 4.20. The number of benzene rings is 2. The molecule has 0 bridgehead atoms. The summed E-state index contributed by atoms with van der Waals surface area (Å²) in [7, 11) is 0. The Hall–Kier alpha value is -2.82. The summed E-state index contributed by atoms with van der Waals surface area (Å²) in [6.07, 6.45) is -0.445. The van der Waals surface area contributed by atoms with Gasteiger partial charge in [-0.3, -0.25) is 4.79 Å². The lowest BCUT2D eigenvalue weighted by molar-refractivity contribution is -0.151. The van der Waals surface area contributed by atoms with E-state index in [2.05, 4.69) is 19.2 Å². The van der Waals surface area contributed by atoms with Crippen molar-refractivity contribution in [2.24, 2.45) is 0 Å². The number of ether oxygens (including phenoxy) is 2. The Labute approximate surface area is 160 Å². The summed E-state index contributed by atoms with van der Waals surface area (Å²) in [6, 6.07) is 13.0. The van der Waals surface area contributed by atoms with Crippen LogP contribution >= 0.6 is 0 Å². The van der Waals surface area contributed by atoms with E-state index in [1.165, 1.54) is 12.5 Å². The van der Waals surface area contributed by atoms with Gasteiger partial charge in [-0.25, -0.2) is 4.79 Å². The molecule has 144 valence electrons. The number of rotatable bonds is 7. The van der Waals surface area contributed by atoms with Gasteiger partial charge in [-0.15, -0.1) is 0 Å². The minimum Gasteiger partial charge on any atom is -0.482 e. The van der Waals surface area contributed by atoms with Crippen molar-refractivity contribution in [3.63, 3.8) is 0 Å². The topological polar surface area (TPSA) is 64.6 Å². The second-order valence-electron chi connectivity index (χ2n) is 6.90. The molecule has 2 aromatic rings. The third-order valence-electron chi connectivity index (χ3n) is 4.20. The summed E-state index contributed by atoms with van der Waals surface area (Å²) in [4.78, 5) is 23.3. The number of carbonyl (C=O) groups is 2. The van der Waals surface area contributed by atoms with E-state index >= 15 is 0 Å². The van der Waals surface area contributed by atoms with Crippen molar-refractivity contribution in [1.82, 2.24) is 0 Å². The smallest absolute Gasteiger partial charge is 0.344 e. The zero-order valence-corrected chi connectivity index (χ0v) is 16.5. The Bertz CT molecular complexity index is 814. The van der Waals surface area contributed by atoms with Gasteiger partial charge >= 0.3 is 5.97 Å². The molecule has 1 atom stereocenters. The van der Waals surface area contributed by atoms with Crippen LogP contribution in [0, 0.1) is 6.92 Å². The lowest BCUT2D eigenvalue weighted by Gasteiger charge is -2.16. The molecule has 0 unspecified atom stereocenters. The maximum Gasteiger partial charge on any atom is 0.344 e. The molecule has 5 heteroatoms. The Balaban J connectivity index is 1.92. The molecular formula is C22H27NO4. The van der Waals surface area contributed by atoms with Crippen LogP contribution in [0.1, 0.15) is 56.4 Å². The molecule has 0 heterocycles. The van der Waals surface area contributed by atoms with Gasteiger partial charge < -0.3 is 14.8 Å². The highest BCUT2D eigenvalue weighted by molar-refractivity contribution is 5.88. The molecule has 2 aromatic carbocycles. The summed E-state index contributed by atoms with van der Waals surface area (Å²) >= 11 is 0. The van der Waals surface area contributed by atoms with Crippen LogP contribution in [0.3, 0.4) is 0 Å². The van der Waals surface area contributed by atoms with E-state index in [1.807, 2.05) is 31.2 Å². The number of aryl methyl sites for hydroxylation is 1. The highest BCUT2D eigenvalue weighted by atomic mass is 16.6. The number of nitrogens with one attached hydrogen (secondary N) is 1. The molecule has 0 saturated heterocycles. The van der Waals surface area contributed by atoms with Crippen LogP contribution in [0.2, 0.25) is 0 Å². The molecule has 27 heavy (non-hydrogen) atoms. The van der Waals surface area contributed by atoms with Crippen LogP contribution in [-0.4, -0.2) is 18.5 Å². The maximum absolute atomic E-state index is 12.1. The zero-order chi connectivity index (χ0) is 20.0. The van der Waals surface area contributed by atoms with E-state index < -0.39 is 12.1 Å². The van der Waals surface area contributed by atoms with Crippen molar-refractivity contribution >= 4 is 17.6 Å². The third kappa shape index (κ3) is 6.13. The molecule has 0 saturated carbocycles. The summed E-state index contributed by atoms with van der Waals surface area (Å²) in [5, 5.41) is 2.71. The monoisotopic (exact) mass is 369 g/mol. The Morgan fingerprint density at radius 3 is 2.44 bits per heavy atom. The van der Waals surface area contributed by atoms with E-state index in [9.17, 15) is 9.59 Å². The van der Waals surface area contributed by atoms with Crippen LogP contribution < -0.4 is 10.1 Å². The fraction of sp³-hybridized carbons (Fsp3) is 0.364. The number of hydrogen-bond acceptors (Lipinski definition) is 4. The molecule has 5 nitrogen and oxygen atoms in total. The molecule has 0 aliphatic heterocycles. The number of amides is 1. The molecule has 1 N–H and O–H groups in total. The van der Waals surface area contributed by atoms with Crippen LogP contribution in [0.4, 0.5) is 5.69 Å². The highest BCUT2D eigenvalue weighted by Crippen LogP contribution is 2.24. The number of esters is 1. The Kier molecular flexibility index (Phi) is 6.99. The van der Waals surface area contributed by atoms with Crippen molar-refractivity contribution in [3.05, 3.63) is 59.2 Å². The van der Waals surface area contributed by atoms with Crippen molar-refractivity contribution < 1.29 is 19.1 Å². The van der Waals surface area contributed by atoms with Crippen LogP contribution in [0.15, 0.2) is 42.5 Å². The van der Waals surface area contributed by atoms with Gasteiger partial charge in [0.1, 0.15) is 11.9 Å². The predicted molar refractivity (Wildman–Crippen MR) is 106 cm³/mol. The average molecular weight is 369 g/mol. The van der Waals surface area contributed by atoms with Gasteiger partial charge in [-0.05, 0) is 60.7 Å². The van der Waals surface area contributed by atoms with Gasteiger partial charge in [0, 0.05) is 12.6 Å². The maximum atomic E-state index is 12.1. The number of carbonyl (C=O) groups excluding carboxylic acids is 2. The zero-order valence-electron chi connectivity index (χ0n) is 16.5. The predicted octanol–water partition coefficient (Wildman–Crippen LogP) is 4.76. The van der Waals surface area contributed by atoms with Gasteiger partial charge in [0.05, 0.1) is 0 Å². The summed E-state index contributed by atoms with van der Waals surface area (Å²) in [6.45, 7) is 9.39. The summed E-state index contributed by atoms with van der Waals surface area (Å²) in [5.74, 6) is 0.495. The number of anilines is 1. The average Bonchev–Trinajstić information content (AvgIpc) is 2.59. The van der Waals surface area contributed by atoms with E-state index in [0.29, 0.717) is 17.4 Å². The minimum atomic E-state index is -0.446. The van der Waals surface area contributed by atoms with Crippen molar-refractivity contribution in [2.45, 2.75) is 46.6 Å². The van der Waals surface area contributed by atoms with Crippen LogP contribution in [-0.2, 0) is 14.3 Å². The van der Waals surface area contributed by atoms with Gasteiger partial charge in [0.15, 0.2) is 6.61 Å². The minimum absolute atomic E-state index is 0.149. The summed E-state index contributed by atoms with van der Waals surface area (Å²) < 4.78 is 11.0. The van der Waals surface area contributed by atoms with Gasteiger partial charge in [0.2, 0.25) is 5.91 Å². The van der Waals surface area contributed by atoms with E-state index in [0.717, 1.165) is 11.1 Å². The molecule has 0 spiro atoms. The first-order valence-electron chi connectivity index (χ1n) is 9.06. The first-order chi connectivity index (χ1) is 12.8. The fourth-order valence-corrected chi connectivity index (χ4v) is 2.90. The van der Waals surface area contributed by atoms with Gasteiger partial charge in [-0.1, -0.05) is 32.0 Å². The van der Waals surface area contributed by atoms with E-state index in [4.69, 9.17) is 9.47 Å². The molecule has 0 fully saturated rings. The molecule has 1 amide bonds. The van der Waals surface area contributed by atoms with E-state index in [-0.39, 0.29) is 12.5 Å². The fourth-order valence-electron chi connectivity index (χ4n) is 2.90. The normalized spacial score (nSPS) is 11.8. The Morgan fingerprint density at radius 1 is 1.07 bits per heavy atom.